The van der Waals surface area contributed by atoms with Gasteiger partial charge in [0.2, 0.25) is 0 Å². The first-order valence-corrected chi connectivity index (χ1v) is 10.5. The minimum Gasteiger partial charge on any atom is -0.356 e. The van der Waals surface area contributed by atoms with Gasteiger partial charge in [-0.05, 0) is 48.4 Å². The second-order valence-electron chi connectivity index (χ2n) is 7.46. The summed E-state index contributed by atoms with van der Waals surface area (Å²) in [6, 6.07) is 15.2. The zero-order chi connectivity index (χ0) is 18.2. The Bertz CT molecular complexity index is 1010. The molecule has 0 amide bonds. The van der Waals surface area contributed by atoms with Crippen molar-refractivity contribution in [3.05, 3.63) is 57.8 Å². The molecule has 3 aromatic rings. The molecule has 0 spiro atoms. The number of fused-ring (bicyclic) bond motifs is 2. The largest absolute Gasteiger partial charge is 0.356 e. The van der Waals surface area contributed by atoms with Gasteiger partial charge in [0.25, 0.3) is 0 Å². The molecular formula is C22H22N4S. The quantitative estimate of drug-likeness (QED) is 0.674. The summed E-state index contributed by atoms with van der Waals surface area (Å²) in [4.78, 5) is 11.4. The lowest BCUT2D eigenvalue weighted by molar-refractivity contribution is 0.154. The summed E-state index contributed by atoms with van der Waals surface area (Å²) in [5.74, 6) is 0.947. The molecule has 0 radical (unpaired) electrons. The number of pyridine rings is 1. The highest BCUT2D eigenvalue weighted by molar-refractivity contribution is 7.10. The van der Waals surface area contributed by atoms with E-state index in [0.717, 1.165) is 54.8 Å². The van der Waals surface area contributed by atoms with Gasteiger partial charge in [-0.2, -0.15) is 5.26 Å². The number of thiophene rings is 1. The lowest BCUT2D eigenvalue weighted by Gasteiger charge is -2.40. The summed E-state index contributed by atoms with van der Waals surface area (Å²) in [6.45, 7) is 4.31. The summed E-state index contributed by atoms with van der Waals surface area (Å²) in [7, 11) is 0. The van der Waals surface area contributed by atoms with Crippen LogP contribution in [-0.2, 0) is 13.0 Å². The molecule has 2 aliphatic rings. The van der Waals surface area contributed by atoms with Crippen LogP contribution >= 0.6 is 11.3 Å². The summed E-state index contributed by atoms with van der Waals surface area (Å²) >= 11 is 1.91. The Labute approximate surface area is 163 Å². The average molecular weight is 375 g/mol. The van der Waals surface area contributed by atoms with Crippen LogP contribution in [0.5, 0.6) is 0 Å². The third kappa shape index (κ3) is 3.09. The van der Waals surface area contributed by atoms with Gasteiger partial charge in [-0.3, -0.25) is 4.90 Å². The SMILES string of the molecule is N#Cc1cc(N2CCC(N3CCc4sccc4C3)CC2)nc2ccccc12. The van der Waals surface area contributed by atoms with Crippen LogP contribution in [0.2, 0.25) is 0 Å². The molecule has 1 fully saturated rings. The van der Waals surface area contributed by atoms with Crippen molar-refractivity contribution in [2.24, 2.45) is 0 Å². The predicted molar refractivity (Wildman–Crippen MR) is 110 cm³/mol. The monoisotopic (exact) mass is 374 g/mol. The van der Waals surface area contributed by atoms with E-state index in [1.54, 1.807) is 4.88 Å². The van der Waals surface area contributed by atoms with Gasteiger partial charge in [-0.15, -0.1) is 11.3 Å². The molecule has 0 saturated carbocycles. The van der Waals surface area contributed by atoms with E-state index in [0.29, 0.717) is 6.04 Å². The minimum absolute atomic E-state index is 0.658. The molecule has 5 heteroatoms. The number of benzene rings is 1. The number of hydrogen-bond donors (Lipinski definition) is 0. The fourth-order valence-electron chi connectivity index (χ4n) is 4.46. The zero-order valence-electron chi connectivity index (χ0n) is 15.3. The number of hydrogen-bond acceptors (Lipinski definition) is 5. The molecule has 136 valence electrons. The highest BCUT2D eigenvalue weighted by Gasteiger charge is 2.28. The third-order valence-corrected chi connectivity index (χ3v) is 6.99. The summed E-state index contributed by atoms with van der Waals surface area (Å²) < 4.78 is 0. The Morgan fingerprint density at radius 2 is 1.96 bits per heavy atom. The van der Waals surface area contributed by atoms with Gasteiger partial charge in [0.1, 0.15) is 5.82 Å². The van der Waals surface area contributed by atoms with Crippen LogP contribution in [0.15, 0.2) is 41.8 Å². The van der Waals surface area contributed by atoms with Gasteiger partial charge in [0, 0.05) is 42.5 Å². The number of piperidine rings is 1. The summed E-state index contributed by atoms with van der Waals surface area (Å²) in [5.41, 5.74) is 3.16. The second-order valence-corrected chi connectivity index (χ2v) is 8.47. The molecule has 27 heavy (non-hydrogen) atoms. The molecule has 1 saturated heterocycles. The van der Waals surface area contributed by atoms with E-state index >= 15 is 0 Å². The van der Waals surface area contributed by atoms with E-state index in [2.05, 4.69) is 27.3 Å². The second kappa shape index (κ2) is 6.95. The van der Waals surface area contributed by atoms with Gasteiger partial charge in [0.05, 0.1) is 17.1 Å². The third-order valence-electron chi connectivity index (χ3n) is 5.97. The van der Waals surface area contributed by atoms with Gasteiger partial charge in [-0.25, -0.2) is 4.98 Å². The molecule has 1 aromatic carbocycles. The normalized spacial score (nSPS) is 18.4. The summed E-state index contributed by atoms with van der Waals surface area (Å²) in [5, 5.41) is 12.7. The van der Waals surface area contributed by atoms with Crippen molar-refractivity contribution < 1.29 is 0 Å². The molecule has 0 unspecified atom stereocenters. The molecule has 0 atom stereocenters. The maximum Gasteiger partial charge on any atom is 0.130 e. The molecule has 0 N–H and O–H groups in total. The lowest BCUT2D eigenvalue weighted by atomic mass is 9.99. The van der Waals surface area contributed by atoms with Crippen molar-refractivity contribution in [2.75, 3.05) is 24.5 Å². The highest BCUT2D eigenvalue weighted by Crippen LogP contribution is 2.30. The fourth-order valence-corrected chi connectivity index (χ4v) is 5.35. The zero-order valence-corrected chi connectivity index (χ0v) is 16.1. The van der Waals surface area contributed by atoms with E-state index in [-0.39, 0.29) is 0 Å². The molecule has 0 aliphatic carbocycles. The molecule has 0 bridgehead atoms. The first kappa shape index (κ1) is 16.7. The van der Waals surface area contributed by atoms with E-state index in [1.807, 2.05) is 41.7 Å². The van der Waals surface area contributed by atoms with Crippen molar-refractivity contribution >= 4 is 28.1 Å². The number of nitriles is 1. The van der Waals surface area contributed by atoms with E-state index in [4.69, 9.17) is 4.98 Å². The number of aromatic nitrogens is 1. The Morgan fingerprint density at radius 1 is 1.11 bits per heavy atom. The smallest absolute Gasteiger partial charge is 0.130 e. The predicted octanol–water partition coefficient (Wildman–Crippen LogP) is 4.20. The number of rotatable bonds is 2. The van der Waals surface area contributed by atoms with Crippen molar-refractivity contribution in [1.29, 1.82) is 5.26 Å². The minimum atomic E-state index is 0.658. The van der Waals surface area contributed by atoms with Crippen LogP contribution in [0.1, 0.15) is 28.8 Å². The van der Waals surface area contributed by atoms with Crippen molar-refractivity contribution in [1.82, 2.24) is 9.88 Å². The Balaban J connectivity index is 1.31. The number of anilines is 1. The van der Waals surface area contributed by atoms with E-state index in [9.17, 15) is 5.26 Å². The Hall–Kier alpha value is -2.42. The van der Waals surface area contributed by atoms with Crippen LogP contribution in [0.4, 0.5) is 5.82 Å². The van der Waals surface area contributed by atoms with Gasteiger partial charge < -0.3 is 4.90 Å². The fraction of sp³-hybridized carbons (Fsp3) is 0.364. The van der Waals surface area contributed by atoms with Gasteiger partial charge in [-0.1, -0.05) is 18.2 Å². The molecule has 5 rings (SSSR count). The van der Waals surface area contributed by atoms with E-state index < -0.39 is 0 Å². The summed E-state index contributed by atoms with van der Waals surface area (Å²) in [6.07, 6.45) is 3.52. The molecular weight excluding hydrogens is 352 g/mol. The van der Waals surface area contributed by atoms with Crippen LogP contribution in [0, 0.1) is 11.3 Å². The first-order chi connectivity index (χ1) is 13.3. The van der Waals surface area contributed by atoms with Gasteiger partial charge in [0.15, 0.2) is 0 Å². The van der Waals surface area contributed by atoms with Crippen molar-refractivity contribution in [3.8, 4) is 6.07 Å². The molecule has 2 aliphatic heterocycles. The topological polar surface area (TPSA) is 43.2 Å². The first-order valence-electron chi connectivity index (χ1n) is 9.66. The van der Waals surface area contributed by atoms with Crippen LogP contribution in [0.3, 0.4) is 0 Å². The van der Waals surface area contributed by atoms with Crippen LogP contribution < -0.4 is 4.90 Å². The molecule has 2 aromatic heterocycles. The number of para-hydroxylation sites is 1. The van der Waals surface area contributed by atoms with Crippen molar-refractivity contribution in [2.45, 2.75) is 31.8 Å². The Kier molecular flexibility index (Phi) is 4.31. The van der Waals surface area contributed by atoms with Crippen LogP contribution in [-0.4, -0.2) is 35.6 Å². The standard InChI is InChI=1S/C22H22N4S/c23-14-17-13-22(24-20-4-2-1-3-19(17)20)25-9-5-18(6-10-25)26-11-7-21-16(15-26)8-12-27-21/h1-4,8,12-13,18H,5-7,9-11,15H2. The maximum atomic E-state index is 9.53. The van der Waals surface area contributed by atoms with Crippen LogP contribution in [0.25, 0.3) is 10.9 Å². The van der Waals surface area contributed by atoms with E-state index in [1.165, 1.54) is 18.5 Å². The van der Waals surface area contributed by atoms with Crippen molar-refractivity contribution in [3.63, 3.8) is 0 Å². The lowest BCUT2D eigenvalue weighted by Crippen LogP contribution is -2.46. The Morgan fingerprint density at radius 3 is 2.81 bits per heavy atom. The van der Waals surface area contributed by atoms with Gasteiger partial charge >= 0.3 is 0 Å². The number of nitrogens with zero attached hydrogens (tertiary/aromatic N) is 4. The maximum absolute atomic E-state index is 9.53. The average Bonchev–Trinajstić information content (AvgIpc) is 3.21. The highest BCUT2D eigenvalue weighted by atomic mass is 32.1. The molecule has 4 heterocycles. The molecule has 4 nitrogen and oxygen atoms in total.